The van der Waals surface area contributed by atoms with Crippen LogP contribution in [-0.4, -0.2) is 17.5 Å². The molecule has 0 bridgehead atoms. The van der Waals surface area contributed by atoms with E-state index >= 15 is 0 Å². The van der Waals surface area contributed by atoms with Crippen LogP contribution in [0.15, 0.2) is 0 Å². The van der Waals surface area contributed by atoms with E-state index in [0.29, 0.717) is 11.4 Å². The highest BCUT2D eigenvalue weighted by molar-refractivity contribution is 7.10. The van der Waals surface area contributed by atoms with Gasteiger partial charge in [0.15, 0.2) is 5.82 Å². The molecule has 1 saturated carbocycles. The van der Waals surface area contributed by atoms with Gasteiger partial charge in [-0.2, -0.15) is 9.64 Å². The molecule has 2 heterocycles. The van der Waals surface area contributed by atoms with E-state index in [1.807, 2.05) is 0 Å². The van der Waals surface area contributed by atoms with Gasteiger partial charge in [0.2, 0.25) is 0 Å². The standard InChI is InChI=1S/C13H18N4S/c14-7-11-12(15)16-18-13(11)17-6-5-9-3-1-2-4-10(9)8-17/h9-10H,1-6,8H2,(H2,15,16). The lowest BCUT2D eigenvalue weighted by atomic mass is 9.75. The first-order valence-corrected chi connectivity index (χ1v) is 7.47. The van der Waals surface area contributed by atoms with Crippen LogP contribution in [0.4, 0.5) is 10.8 Å². The lowest BCUT2D eigenvalue weighted by Gasteiger charge is -2.41. The Labute approximate surface area is 112 Å². The first-order valence-electron chi connectivity index (χ1n) is 6.69. The van der Waals surface area contributed by atoms with E-state index in [4.69, 9.17) is 11.0 Å². The van der Waals surface area contributed by atoms with E-state index in [2.05, 4.69) is 15.3 Å². The minimum Gasteiger partial charge on any atom is -0.382 e. The van der Waals surface area contributed by atoms with Gasteiger partial charge in [-0.15, -0.1) is 0 Å². The third-order valence-corrected chi connectivity index (χ3v) is 5.31. The van der Waals surface area contributed by atoms with Gasteiger partial charge in [0.25, 0.3) is 0 Å². The fourth-order valence-corrected chi connectivity index (χ4v) is 4.20. The van der Waals surface area contributed by atoms with Crippen molar-refractivity contribution in [3.63, 3.8) is 0 Å². The highest BCUT2D eigenvalue weighted by Crippen LogP contribution is 2.39. The van der Waals surface area contributed by atoms with Gasteiger partial charge in [0.1, 0.15) is 16.6 Å². The molecule has 1 aromatic rings. The minimum atomic E-state index is 0.392. The van der Waals surface area contributed by atoms with Crippen LogP contribution >= 0.6 is 11.5 Å². The number of hydrogen-bond donors (Lipinski definition) is 1. The SMILES string of the molecule is N#Cc1c(N)nsc1N1CCC2CCCCC2C1. The molecule has 1 aromatic heterocycles. The number of aromatic nitrogens is 1. The van der Waals surface area contributed by atoms with E-state index in [1.54, 1.807) is 0 Å². The third kappa shape index (κ3) is 1.95. The van der Waals surface area contributed by atoms with Gasteiger partial charge in [-0.05, 0) is 36.2 Å². The predicted molar refractivity (Wildman–Crippen MR) is 73.5 cm³/mol. The maximum Gasteiger partial charge on any atom is 0.157 e. The van der Waals surface area contributed by atoms with Crippen molar-refractivity contribution in [1.29, 1.82) is 5.26 Å². The van der Waals surface area contributed by atoms with Crippen LogP contribution in [0.3, 0.4) is 0 Å². The first kappa shape index (κ1) is 11.8. The summed E-state index contributed by atoms with van der Waals surface area (Å²) < 4.78 is 4.12. The fraction of sp³-hybridized carbons (Fsp3) is 0.692. The summed E-state index contributed by atoms with van der Waals surface area (Å²) in [6, 6.07) is 2.19. The molecule has 2 aliphatic rings. The van der Waals surface area contributed by atoms with Crippen LogP contribution < -0.4 is 10.6 Å². The highest BCUT2D eigenvalue weighted by atomic mass is 32.1. The summed E-state index contributed by atoms with van der Waals surface area (Å²) in [6.07, 6.45) is 6.77. The third-order valence-electron chi connectivity index (χ3n) is 4.39. The van der Waals surface area contributed by atoms with Crippen molar-refractivity contribution in [2.45, 2.75) is 32.1 Å². The van der Waals surface area contributed by atoms with Gasteiger partial charge in [0, 0.05) is 13.1 Å². The summed E-state index contributed by atoms with van der Waals surface area (Å²) in [4.78, 5) is 2.33. The zero-order chi connectivity index (χ0) is 12.5. The Hall–Kier alpha value is -1.28. The Morgan fingerprint density at radius 3 is 2.83 bits per heavy atom. The van der Waals surface area contributed by atoms with Crippen molar-refractivity contribution in [1.82, 2.24) is 4.37 Å². The van der Waals surface area contributed by atoms with Gasteiger partial charge >= 0.3 is 0 Å². The number of fused-ring (bicyclic) bond motifs is 1. The van der Waals surface area contributed by atoms with Gasteiger partial charge in [-0.25, -0.2) is 0 Å². The van der Waals surface area contributed by atoms with E-state index in [-0.39, 0.29) is 0 Å². The van der Waals surface area contributed by atoms with Crippen LogP contribution in [0.1, 0.15) is 37.7 Å². The summed E-state index contributed by atoms with van der Waals surface area (Å²) in [5.74, 6) is 2.11. The van der Waals surface area contributed by atoms with Gasteiger partial charge in [0.05, 0.1) is 0 Å². The van der Waals surface area contributed by atoms with Gasteiger partial charge in [-0.3, -0.25) is 0 Å². The molecule has 2 N–H and O–H groups in total. The number of rotatable bonds is 1. The van der Waals surface area contributed by atoms with E-state index in [0.717, 1.165) is 29.9 Å². The molecule has 0 spiro atoms. The van der Waals surface area contributed by atoms with Crippen LogP contribution in [-0.2, 0) is 0 Å². The molecule has 3 rings (SSSR count). The minimum absolute atomic E-state index is 0.392. The Balaban J connectivity index is 1.79. The summed E-state index contributed by atoms with van der Waals surface area (Å²) in [6.45, 7) is 2.14. The number of piperidine rings is 1. The molecule has 2 unspecified atom stereocenters. The van der Waals surface area contributed by atoms with Crippen LogP contribution in [0.25, 0.3) is 0 Å². The Kier molecular flexibility index (Phi) is 3.13. The zero-order valence-corrected chi connectivity index (χ0v) is 11.2. The molecule has 0 amide bonds. The monoisotopic (exact) mass is 262 g/mol. The molecule has 1 aliphatic carbocycles. The average Bonchev–Trinajstić information content (AvgIpc) is 2.79. The second-order valence-corrected chi connectivity index (χ2v) is 6.15. The molecular weight excluding hydrogens is 244 g/mol. The van der Waals surface area contributed by atoms with Crippen LogP contribution in [0.2, 0.25) is 0 Å². The summed E-state index contributed by atoms with van der Waals surface area (Å²) in [7, 11) is 0. The van der Waals surface area contributed by atoms with Crippen molar-refractivity contribution in [3.8, 4) is 6.07 Å². The Bertz CT molecular complexity index is 476. The summed E-state index contributed by atoms with van der Waals surface area (Å²) in [5, 5.41) is 10.1. The van der Waals surface area contributed by atoms with Crippen molar-refractivity contribution in [3.05, 3.63) is 5.56 Å². The summed E-state index contributed by atoms with van der Waals surface area (Å²) in [5.41, 5.74) is 6.32. The van der Waals surface area contributed by atoms with E-state index in [9.17, 15) is 0 Å². The van der Waals surface area contributed by atoms with Crippen LogP contribution in [0.5, 0.6) is 0 Å². The lowest BCUT2D eigenvalue weighted by molar-refractivity contribution is 0.203. The molecule has 96 valence electrons. The predicted octanol–water partition coefficient (Wildman–Crippen LogP) is 2.61. The van der Waals surface area contributed by atoms with Crippen molar-refractivity contribution in [2.75, 3.05) is 23.7 Å². The largest absolute Gasteiger partial charge is 0.382 e. The van der Waals surface area contributed by atoms with E-state index in [1.165, 1.54) is 43.6 Å². The van der Waals surface area contributed by atoms with Crippen molar-refractivity contribution >= 4 is 22.4 Å². The molecule has 5 heteroatoms. The number of nitrogens with two attached hydrogens (primary N) is 1. The second-order valence-electron chi connectivity index (χ2n) is 5.40. The average molecular weight is 262 g/mol. The molecule has 0 aromatic carbocycles. The Morgan fingerprint density at radius 1 is 1.28 bits per heavy atom. The number of anilines is 2. The number of nitrogens with zero attached hydrogens (tertiary/aromatic N) is 3. The molecule has 18 heavy (non-hydrogen) atoms. The van der Waals surface area contributed by atoms with Crippen molar-refractivity contribution in [2.24, 2.45) is 11.8 Å². The number of nitrogen functional groups attached to an aromatic ring is 1. The summed E-state index contributed by atoms with van der Waals surface area (Å²) >= 11 is 1.38. The maximum absolute atomic E-state index is 9.16. The second kappa shape index (κ2) is 4.77. The lowest BCUT2D eigenvalue weighted by Crippen LogP contribution is -2.41. The quantitative estimate of drug-likeness (QED) is 0.845. The topological polar surface area (TPSA) is 65.9 Å². The molecule has 2 atom stereocenters. The molecule has 1 aliphatic heterocycles. The molecule has 0 radical (unpaired) electrons. The highest BCUT2D eigenvalue weighted by Gasteiger charge is 2.32. The molecular formula is C13H18N4S. The normalized spacial score (nSPS) is 27.6. The van der Waals surface area contributed by atoms with Gasteiger partial charge < -0.3 is 10.6 Å². The smallest absolute Gasteiger partial charge is 0.157 e. The first-order chi connectivity index (χ1) is 8.79. The zero-order valence-electron chi connectivity index (χ0n) is 10.4. The molecule has 1 saturated heterocycles. The van der Waals surface area contributed by atoms with Crippen LogP contribution in [0, 0.1) is 23.2 Å². The maximum atomic E-state index is 9.16. The molecule has 4 nitrogen and oxygen atoms in total. The Morgan fingerprint density at radius 2 is 2.06 bits per heavy atom. The number of nitriles is 1. The van der Waals surface area contributed by atoms with E-state index < -0.39 is 0 Å². The van der Waals surface area contributed by atoms with Crippen molar-refractivity contribution < 1.29 is 0 Å². The molecule has 2 fully saturated rings. The fourth-order valence-electron chi connectivity index (χ4n) is 3.40. The number of hydrogen-bond acceptors (Lipinski definition) is 5. The van der Waals surface area contributed by atoms with Gasteiger partial charge in [-0.1, -0.05) is 19.3 Å².